The van der Waals surface area contributed by atoms with Gasteiger partial charge in [-0.15, -0.1) is 0 Å². The number of amides is 1. The number of aromatic amines is 1. The molecule has 0 aliphatic rings. The van der Waals surface area contributed by atoms with Crippen LogP contribution >= 0.6 is 15.9 Å². The lowest BCUT2D eigenvalue weighted by atomic mass is 10.2. The summed E-state index contributed by atoms with van der Waals surface area (Å²) in [6.07, 6.45) is 0.658. The first-order chi connectivity index (χ1) is 10.5. The van der Waals surface area contributed by atoms with Gasteiger partial charge in [-0.05, 0) is 46.6 Å². The number of benzene rings is 1. The first kappa shape index (κ1) is 16.2. The molecule has 1 aromatic heterocycles. The highest BCUT2D eigenvalue weighted by Gasteiger charge is 2.19. The Bertz CT molecular complexity index is 670. The van der Waals surface area contributed by atoms with Crippen LogP contribution in [0.1, 0.15) is 23.0 Å². The number of aromatic nitrogens is 1. The molecule has 0 aliphatic carbocycles. The molecular formula is C15H14BrFN2O3. The van der Waals surface area contributed by atoms with Crippen molar-refractivity contribution in [2.45, 2.75) is 19.6 Å². The Balaban J connectivity index is 1.84. The molecule has 0 spiro atoms. The molecule has 5 nitrogen and oxygen atoms in total. The normalized spacial score (nSPS) is 11.8. The highest BCUT2D eigenvalue weighted by Crippen LogP contribution is 2.12. The zero-order chi connectivity index (χ0) is 16.1. The fourth-order valence-electron chi connectivity index (χ4n) is 1.70. The van der Waals surface area contributed by atoms with E-state index in [9.17, 15) is 14.0 Å². The van der Waals surface area contributed by atoms with E-state index in [4.69, 9.17) is 4.74 Å². The summed E-state index contributed by atoms with van der Waals surface area (Å²) in [5, 5.41) is 2.62. The molecule has 116 valence electrons. The van der Waals surface area contributed by atoms with Crippen LogP contribution in [0, 0.1) is 5.82 Å². The van der Waals surface area contributed by atoms with Crippen molar-refractivity contribution in [2.75, 3.05) is 0 Å². The lowest BCUT2D eigenvalue weighted by molar-refractivity contribution is -0.129. The molecule has 1 unspecified atom stereocenters. The number of H-pyrrole nitrogens is 1. The second kappa shape index (κ2) is 7.22. The van der Waals surface area contributed by atoms with E-state index in [-0.39, 0.29) is 18.1 Å². The summed E-state index contributed by atoms with van der Waals surface area (Å²) in [5.74, 6) is -1.38. The van der Waals surface area contributed by atoms with Crippen LogP contribution in [0.4, 0.5) is 4.39 Å². The summed E-state index contributed by atoms with van der Waals surface area (Å²) in [6, 6.07) is 7.33. The van der Waals surface area contributed by atoms with Crippen molar-refractivity contribution in [2.24, 2.45) is 0 Å². The van der Waals surface area contributed by atoms with Gasteiger partial charge in [0.1, 0.15) is 11.5 Å². The van der Waals surface area contributed by atoms with Gasteiger partial charge in [-0.2, -0.15) is 0 Å². The van der Waals surface area contributed by atoms with Crippen molar-refractivity contribution in [3.05, 3.63) is 58.1 Å². The van der Waals surface area contributed by atoms with Crippen molar-refractivity contribution in [3.63, 3.8) is 0 Å². The number of carbonyl (C=O) groups excluding carboxylic acids is 2. The molecule has 0 aliphatic heterocycles. The summed E-state index contributed by atoms with van der Waals surface area (Å²) in [7, 11) is 0. The van der Waals surface area contributed by atoms with Crippen molar-refractivity contribution < 1.29 is 18.7 Å². The molecule has 0 bridgehead atoms. The van der Waals surface area contributed by atoms with Crippen LogP contribution in [0.3, 0.4) is 0 Å². The summed E-state index contributed by atoms with van der Waals surface area (Å²) in [5.41, 5.74) is 1.01. The Morgan fingerprint density at radius 1 is 1.36 bits per heavy atom. The number of hydrogen-bond donors (Lipinski definition) is 2. The minimum absolute atomic E-state index is 0.231. The Morgan fingerprint density at radius 3 is 2.64 bits per heavy atom. The maximum Gasteiger partial charge on any atom is 0.355 e. The van der Waals surface area contributed by atoms with E-state index in [1.54, 1.807) is 24.4 Å². The van der Waals surface area contributed by atoms with Crippen molar-refractivity contribution in [1.29, 1.82) is 0 Å². The average molecular weight is 369 g/mol. The fraction of sp³-hybridized carbons (Fsp3) is 0.200. The molecule has 2 N–H and O–H groups in total. The predicted molar refractivity (Wildman–Crippen MR) is 81.6 cm³/mol. The summed E-state index contributed by atoms with van der Waals surface area (Å²) in [4.78, 5) is 26.4. The van der Waals surface area contributed by atoms with Crippen molar-refractivity contribution in [1.82, 2.24) is 10.3 Å². The zero-order valence-electron chi connectivity index (χ0n) is 11.7. The highest BCUT2D eigenvalue weighted by molar-refractivity contribution is 9.10. The van der Waals surface area contributed by atoms with E-state index >= 15 is 0 Å². The minimum atomic E-state index is -0.935. The van der Waals surface area contributed by atoms with Gasteiger partial charge in [0.05, 0.1) is 0 Å². The van der Waals surface area contributed by atoms with Gasteiger partial charge >= 0.3 is 5.97 Å². The summed E-state index contributed by atoms with van der Waals surface area (Å²) < 4.78 is 18.5. The van der Waals surface area contributed by atoms with E-state index in [1.807, 2.05) is 0 Å². The van der Waals surface area contributed by atoms with Gasteiger partial charge in [-0.1, -0.05) is 12.1 Å². The molecule has 7 heteroatoms. The second-order valence-electron chi connectivity index (χ2n) is 4.62. The van der Waals surface area contributed by atoms with Gasteiger partial charge in [0.25, 0.3) is 5.91 Å². The molecule has 0 fully saturated rings. The van der Waals surface area contributed by atoms with Gasteiger partial charge < -0.3 is 15.0 Å². The SMILES string of the molecule is CC(OC(=O)c1cc(Br)c[nH]1)C(=O)NCc1ccc(F)cc1. The topological polar surface area (TPSA) is 71.2 Å². The molecule has 2 rings (SSSR count). The van der Waals surface area contributed by atoms with E-state index in [2.05, 4.69) is 26.2 Å². The van der Waals surface area contributed by atoms with E-state index in [0.717, 1.165) is 5.56 Å². The van der Waals surface area contributed by atoms with Crippen LogP contribution in [0.5, 0.6) is 0 Å². The molecule has 2 aromatic rings. The Morgan fingerprint density at radius 2 is 2.05 bits per heavy atom. The lowest BCUT2D eigenvalue weighted by Gasteiger charge is -2.13. The maximum atomic E-state index is 12.8. The number of esters is 1. The monoisotopic (exact) mass is 368 g/mol. The molecule has 22 heavy (non-hydrogen) atoms. The quantitative estimate of drug-likeness (QED) is 0.797. The lowest BCUT2D eigenvalue weighted by Crippen LogP contribution is -2.35. The minimum Gasteiger partial charge on any atom is -0.448 e. The Kier molecular flexibility index (Phi) is 5.32. The molecule has 0 saturated carbocycles. The molecule has 1 amide bonds. The van der Waals surface area contributed by atoms with Crippen LogP contribution in [0.25, 0.3) is 0 Å². The number of hydrogen-bond acceptors (Lipinski definition) is 3. The van der Waals surface area contributed by atoms with Gasteiger partial charge in [-0.3, -0.25) is 4.79 Å². The number of nitrogens with one attached hydrogen (secondary N) is 2. The standard InChI is InChI=1S/C15H14BrFN2O3/c1-9(22-15(21)13-6-11(16)8-18-13)14(20)19-7-10-2-4-12(17)5-3-10/h2-6,8-9,18H,7H2,1H3,(H,19,20). The Labute approximate surface area is 135 Å². The summed E-state index contributed by atoms with van der Waals surface area (Å²) in [6.45, 7) is 1.71. The first-order valence-electron chi connectivity index (χ1n) is 6.53. The van der Waals surface area contributed by atoms with Gasteiger partial charge in [-0.25, -0.2) is 9.18 Å². The first-order valence-corrected chi connectivity index (χ1v) is 7.32. The predicted octanol–water partition coefficient (Wildman–Crippen LogP) is 2.78. The molecule has 0 saturated heterocycles. The van der Waals surface area contributed by atoms with Crippen LogP contribution in [0.2, 0.25) is 0 Å². The highest BCUT2D eigenvalue weighted by atomic mass is 79.9. The maximum absolute atomic E-state index is 12.8. The molecular weight excluding hydrogens is 355 g/mol. The largest absolute Gasteiger partial charge is 0.448 e. The van der Waals surface area contributed by atoms with Gasteiger partial charge in [0.2, 0.25) is 0 Å². The number of ether oxygens (including phenoxy) is 1. The van der Waals surface area contributed by atoms with E-state index in [0.29, 0.717) is 4.47 Å². The van der Waals surface area contributed by atoms with Crippen LogP contribution in [-0.4, -0.2) is 23.0 Å². The fourth-order valence-corrected chi connectivity index (χ4v) is 2.04. The van der Waals surface area contributed by atoms with Crippen molar-refractivity contribution >= 4 is 27.8 Å². The molecule has 1 atom stereocenters. The number of carbonyl (C=O) groups is 2. The molecule has 0 radical (unpaired) electrons. The average Bonchev–Trinajstić information content (AvgIpc) is 2.93. The number of rotatable bonds is 5. The third-order valence-electron chi connectivity index (χ3n) is 2.90. The van der Waals surface area contributed by atoms with Crippen LogP contribution in [-0.2, 0) is 16.1 Å². The smallest absolute Gasteiger partial charge is 0.355 e. The third-order valence-corrected chi connectivity index (χ3v) is 3.36. The van der Waals surface area contributed by atoms with Crippen LogP contribution < -0.4 is 5.32 Å². The van der Waals surface area contributed by atoms with Crippen molar-refractivity contribution in [3.8, 4) is 0 Å². The van der Waals surface area contributed by atoms with E-state index in [1.165, 1.54) is 19.1 Å². The summed E-state index contributed by atoms with van der Waals surface area (Å²) >= 11 is 3.21. The third kappa shape index (κ3) is 4.42. The number of halogens is 2. The Hall–Kier alpha value is -2.15. The zero-order valence-corrected chi connectivity index (χ0v) is 13.3. The van der Waals surface area contributed by atoms with Gasteiger partial charge in [0, 0.05) is 17.2 Å². The second-order valence-corrected chi connectivity index (χ2v) is 5.54. The van der Waals surface area contributed by atoms with Gasteiger partial charge in [0.15, 0.2) is 6.10 Å². The van der Waals surface area contributed by atoms with Crippen LogP contribution in [0.15, 0.2) is 41.0 Å². The van der Waals surface area contributed by atoms with E-state index < -0.39 is 18.0 Å². The molecule has 1 aromatic carbocycles. The molecule has 1 heterocycles.